The standard InChI is InChI=1S/C10H14O3S/c1-3-8-10-9(6(2)14-8)12-5-7(4-11)13-10/h7,11H,3-5H2,1-2H3. The van der Waals surface area contributed by atoms with E-state index >= 15 is 0 Å². The molecule has 1 N–H and O–H groups in total. The van der Waals surface area contributed by atoms with Crippen molar-refractivity contribution in [3.63, 3.8) is 0 Å². The zero-order chi connectivity index (χ0) is 10.1. The van der Waals surface area contributed by atoms with Gasteiger partial charge < -0.3 is 14.6 Å². The predicted molar refractivity (Wildman–Crippen MR) is 55.4 cm³/mol. The Morgan fingerprint density at radius 2 is 2.29 bits per heavy atom. The molecule has 0 fully saturated rings. The summed E-state index contributed by atoms with van der Waals surface area (Å²) in [6, 6.07) is 0. The fraction of sp³-hybridized carbons (Fsp3) is 0.600. The summed E-state index contributed by atoms with van der Waals surface area (Å²) in [5.41, 5.74) is 0. The zero-order valence-electron chi connectivity index (χ0n) is 8.37. The average Bonchev–Trinajstić information content (AvgIpc) is 2.55. The van der Waals surface area contributed by atoms with Gasteiger partial charge in [-0.25, -0.2) is 0 Å². The summed E-state index contributed by atoms with van der Waals surface area (Å²) < 4.78 is 11.2. The topological polar surface area (TPSA) is 38.7 Å². The molecule has 1 unspecified atom stereocenters. The van der Waals surface area contributed by atoms with Crippen LogP contribution in [0.3, 0.4) is 0 Å². The van der Waals surface area contributed by atoms with Crippen LogP contribution in [-0.2, 0) is 6.42 Å². The Morgan fingerprint density at radius 1 is 1.50 bits per heavy atom. The molecule has 0 aromatic carbocycles. The molecule has 78 valence electrons. The average molecular weight is 214 g/mol. The Kier molecular flexibility index (Phi) is 2.65. The summed E-state index contributed by atoms with van der Waals surface area (Å²) in [5.74, 6) is 1.72. The highest BCUT2D eigenvalue weighted by Gasteiger charge is 2.26. The summed E-state index contributed by atoms with van der Waals surface area (Å²) in [6.07, 6.45) is 0.740. The maximum Gasteiger partial charge on any atom is 0.176 e. The van der Waals surface area contributed by atoms with Crippen LogP contribution in [0, 0.1) is 6.92 Å². The SMILES string of the molecule is CCc1sc(C)c2c1OC(CO)CO2. The molecule has 1 atom stereocenters. The van der Waals surface area contributed by atoms with Crippen molar-refractivity contribution in [3.05, 3.63) is 9.75 Å². The lowest BCUT2D eigenvalue weighted by atomic mass is 10.2. The minimum Gasteiger partial charge on any atom is -0.485 e. The van der Waals surface area contributed by atoms with Crippen LogP contribution < -0.4 is 9.47 Å². The molecule has 0 radical (unpaired) electrons. The Balaban J connectivity index is 2.34. The van der Waals surface area contributed by atoms with Gasteiger partial charge in [-0.2, -0.15) is 0 Å². The number of aliphatic hydroxyl groups is 1. The van der Waals surface area contributed by atoms with E-state index < -0.39 is 0 Å². The highest BCUT2D eigenvalue weighted by Crippen LogP contribution is 2.44. The van der Waals surface area contributed by atoms with Gasteiger partial charge in [-0.05, 0) is 13.3 Å². The first kappa shape index (κ1) is 9.80. The quantitative estimate of drug-likeness (QED) is 0.815. The third-order valence-corrected chi connectivity index (χ3v) is 3.49. The number of aliphatic hydroxyl groups excluding tert-OH is 1. The van der Waals surface area contributed by atoms with Crippen molar-refractivity contribution in [2.24, 2.45) is 0 Å². The molecule has 2 rings (SSSR count). The number of hydrogen-bond donors (Lipinski definition) is 1. The molecule has 1 aliphatic rings. The number of rotatable bonds is 2. The highest BCUT2D eigenvalue weighted by atomic mass is 32.1. The largest absolute Gasteiger partial charge is 0.485 e. The van der Waals surface area contributed by atoms with Gasteiger partial charge >= 0.3 is 0 Å². The lowest BCUT2D eigenvalue weighted by Crippen LogP contribution is -2.32. The maximum absolute atomic E-state index is 8.99. The lowest BCUT2D eigenvalue weighted by Gasteiger charge is -2.24. The molecule has 2 heterocycles. The number of aryl methyl sites for hydroxylation is 2. The van der Waals surface area contributed by atoms with Gasteiger partial charge in [-0.15, -0.1) is 11.3 Å². The molecule has 1 aromatic heterocycles. The molecule has 0 amide bonds. The van der Waals surface area contributed by atoms with Crippen LogP contribution in [0.25, 0.3) is 0 Å². The predicted octanol–water partition coefficient (Wildman–Crippen LogP) is 1.75. The van der Waals surface area contributed by atoms with E-state index in [9.17, 15) is 0 Å². The minimum atomic E-state index is -0.207. The Bertz CT molecular complexity index is 332. The molecule has 3 nitrogen and oxygen atoms in total. The van der Waals surface area contributed by atoms with E-state index in [0.717, 1.165) is 22.8 Å². The van der Waals surface area contributed by atoms with Crippen LogP contribution in [0.15, 0.2) is 0 Å². The van der Waals surface area contributed by atoms with Gasteiger partial charge in [0.2, 0.25) is 0 Å². The van der Waals surface area contributed by atoms with Crippen LogP contribution in [-0.4, -0.2) is 24.4 Å². The molecule has 4 heteroatoms. The van der Waals surface area contributed by atoms with Crippen molar-refractivity contribution in [3.8, 4) is 11.5 Å². The van der Waals surface area contributed by atoms with E-state index in [-0.39, 0.29) is 12.7 Å². The second-order valence-corrected chi connectivity index (χ2v) is 4.64. The Labute approximate surface area is 87.3 Å². The fourth-order valence-electron chi connectivity index (χ4n) is 1.55. The van der Waals surface area contributed by atoms with E-state index in [4.69, 9.17) is 14.6 Å². The first-order valence-corrected chi connectivity index (χ1v) is 5.60. The van der Waals surface area contributed by atoms with Gasteiger partial charge in [-0.1, -0.05) is 6.92 Å². The summed E-state index contributed by atoms with van der Waals surface area (Å²) in [6.45, 7) is 4.59. The van der Waals surface area contributed by atoms with Crippen LogP contribution in [0.1, 0.15) is 16.7 Å². The second-order valence-electron chi connectivity index (χ2n) is 3.33. The molecular formula is C10H14O3S. The van der Waals surface area contributed by atoms with Crippen molar-refractivity contribution in [2.45, 2.75) is 26.4 Å². The number of fused-ring (bicyclic) bond motifs is 1. The third kappa shape index (κ3) is 1.48. The third-order valence-electron chi connectivity index (χ3n) is 2.28. The van der Waals surface area contributed by atoms with Gasteiger partial charge in [0.1, 0.15) is 6.61 Å². The zero-order valence-corrected chi connectivity index (χ0v) is 9.19. The van der Waals surface area contributed by atoms with Crippen LogP contribution in [0.2, 0.25) is 0 Å². The molecule has 0 aliphatic carbocycles. The van der Waals surface area contributed by atoms with E-state index in [1.54, 1.807) is 11.3 Å². The van der Waals surface area contributed by atoms with Crippen molar-refractivity contribution < 1.29 is 14.6 Å². The van der Waals surface area contributed by atoms with Gasteiger partial charge in [-0.3, -0.25) is 0 Å². The van der Waals surface area contributed by atoms with Crippen molar-refractivity contribution in [1.82, 2.24) is 0 Å². The smallest absolute Gasteiger partial charge is 0.176 e. The molecule has 0 spiro atoms. The Hall–Kier alpha value is -0.740. The monoisotopic (exact) mass is 214 g/mol. The maximum atomic E-state index is 8.99. The molecule has 14 heavy (non-hydrogen) atoms. The summed E-state index contributed by atoms with van der Waals surface area (Å²) in [7, 11) is 0. The Morgan fingerprint density at radius 3 is 2.93 bits per heavy atom. The molecule has 0 saturated heterocycles. The highest BCUT2D eigenvalue weighted by molar-refractivity contribution is 7.12. The van der Waals surface area contributed by atoms with Gasteiger partial charge in [0, 0.05) is 4.88 Å². The van der Waals surface area contributed by atoms with Gasteiger partial charge in [0.25, 0.3) is 0 Å². The van der Waals surface area contributed by atoms with Gasteiger partial charge in [0.15, 0.2) is 17.6 Å². The van der Waals surface area contributed by atoms with E-state index in [1.165, 1.54) is 4.88 Å². The van der Waals surface area contributed by atoms with Crippen molar-refractivity contribution in [1.29, 1.82) is 0 Å². The van der Waals surface area contributed by atoms with Crippen LogP contribution in [0.4, 0.5) is 0 Å². The van der Waals surface area contributed by atoms with Crippen molar-refractivity contribution >= 4 is 11.3 Å². The summed E-state index contributed by atoms with van der Waals surface area (Å²) >= 11 is 1.71. The summed E-state index contributed by atoms with van der Waals surface area (Å²) in [5, 5.41) is 8.99. The number of hydrogen-bond acceptors (Lipinski definition) is 4. The summed E-state index contributed by atoms with van der Waals surface area (Å²) in [4.78, 5) is 2.36. The lowest BCUT2D eigenvalue weighted by molar-refractivity contribution is 0.0455. The molecule has 1 aliphatic heterocycles. The number of thiophene rings is 1. The van der Waals surface area contributed by atoms with E-state index in [0.29, 0.717) is 6.61 Å². The van der Waals surface area contributed by atoms with E-state index in [2.05, 4.69) is 6.92 Å². The second kappa shape index (κ2) is 3.79. The first-order chi connectivity index (χ1) is 6.76. The van der Waals surface area contributed by atoms with Gasteiger partial charge in [0.05, 0.1) is 11.5 Å². The first-order valence-electron chi connectivity index (χ1n) is 4.78. The van der Waals surface area contributed by atoms with E-state index in [1.807, 2.05) is 6.92 Å². The fourth-order valence-corrected chi connectivity index (χ4v) is 2.54. The number of ether oxygens (including phenoxy) is 2. The molecule has 0 saturated carbocycles. The minimum absolute atomic E-state index is 0.0114. The molecule has 1 aromatic rings. The van der Waals surface area contributed by atoms with Crippen molar-refractivity contribution in [2.75, 3.05) is 13.2 Å². The molecular weight excluding hydrogens is 200 g/mol. The molecule has 0 bridgehead atoms. The van der Waals surface area contributed by atoms with Crippen LogP contribution in [0.5, 0.6) is 11.5 Å². The van der Waals surface area contributed by atoms with Crippen LogP contribution >= 0.6 is 11.3 Å². The normalized spacial score (nSPS) is 19.8.